The molecule has 0 spiro atoms. The third kappa shape index (κ3) is 2.91. The number of nitrogens with zero attached hydrogens (tertiary/aromatic N) is 3. The Balaban J connectivity index is 1.62. The fraction of sp³-hybridized carbons (Fsp3) is 0.286. The quantitative estimate of drug-likeness (QED) is 0.886. The number of nitrogens with one attached hydrogen (secondary N) is 2. The number of anilines is 2. The highest BCUT2D eigenvalue weighted by molar-refractivity contribution is 5.98. The van der Waals surface area contributed by atoms with E-state index in [0.29, 0.717) is 12.5 Å². The van der Waals surface area contributed by atoms with Gasteiger partial charge in [0, 0.05) is 12.1 Å². The molecule has 1 atom stereocenters. The minimum absolute atomic E-state index is 0.110. The predicted molar refractivity (Wildman–Crippen MR) is 76.6 cm³/mol. The number of hydrogen-bond donors (Lipinski definition) is 2. The summed E-state index contributed by atoms with van der Waals surface area (Å²) < 4.78 is 1.59. The summed E-state index contributed by atoms with van der Waals surface area (Å²) in [5.41, 5.74) is 1.85. The van der Waals surface area contributed by atoms with Crippen LogP contribution in [0.1, 0.15) is 12.0 Å². The number of hydrogen-bond acceptors (Lipinski definition) is 4. The van der Waals surface area contributed by atoms with Crippen LogP contribution in [0.4, 0.5) is 11.6 Å². The Kier molecular flexibility index (Phi) is 3.39. The first kappa shape index (κ1) is 13.3. The smallest absolute Gasteiger partial charge is 0.232 e. The summed E-state index contributed by atoms with van der Waals surface area (Å²) in [5, 5.41) is 9.43. The molecule has 0 radical (unpaired) electrons. The zero-order valence-electron chi connectivity index (χ0n) is 11.5. The third-order valence-electron chi connectivity index (χ3n) is 3.38. The second kappa shape index (κ2) is 5.35. The van der Waals surface area contributed by atoms with Crippen molar-refractivity contribution in [3.8, 4) is 0 Å². The highest BCUT2D eigenvalue weighted by atomic mass is 16.2. The standard InChI is InChI=1S/C14H15N5O2/c1-9-2-4-11(5-3-9)17-12(20)6-10-7-19-14(15-8-16-19)18-13(10)21/h2-5,8,10H,6-7H2,1H3,(H,17,20)(H,15,16,18,21)/t10-/m1/s1. The number of fused-ring (bicyclic) bond motifs is 1. The average Bonchev–Trinajstić information content (AvgIpc) is 2.89. The summed E-state index contributed by atoms with van der Waals surface area (Å²) >= 11 is 0. The van der Waals surface area contributed by atoms with Crippen molar-refractivity contribution in [3.63, 3.8) is 0 Å². The molecule has 0 fully saturated rings. The second-order valence-electron chi connectivity index (χ2n) is 5.07. The van der Waals surface area contributed by atoms with Gasteiger partial charge >= 0.3 is 0 Å². The molecule has 1 aliphatic heterocycles. The van der Waals surface area contributed by atoms with Gasteiger partial charge in [-0.2, -0.15) is 10.1 Å². The van der Waals surface area contributed by atoms with Crippen molar-refractivity contribution in [2.75, 3.05) is 10.6 Å². The monoisotopic (exact) mass is 285 g/mol. The Morgan fingerprint density at radius 2 is 2.19 bits per heavy atom. The lowest BCUT2D eigenvalue weighted by molar-refractivity contribution is -0.125. The van der Waals surface area contributed by atoms with Crippen LogP contribution in [0.2, 0.25) is 0 Å². The van der Waals surface area contributed by atoms with Gasteiger partial charge in [0.1, 0.15) is 6.33 Å². The zero-order valence-corrected chi connectivity index (χ0v) is 11.5. The molecule has 0 bridgehead atoms. The van der Waals surface area contributed by atoms with E-state index in [1.807, 2.05) is 31.2 Å². The molecule has 0 aliphatic carbocycles. The van der Waals surface area contributed by atoms with Gasteiger partial charge in [-0.25, -0.2) is 4.68 Å². The van der Waals surface area contributed by atoms with Crippen molar-refractivity contribution < 1.29 is 9.59 Å². The van der Waals surface area contributed by atoms with Crippen LogP contribution in [0.3, 0.4) is 0 Å². The minimum atomic E-state index is -0.440. The normalized spacial score (nSPS) is 17.0. The van der Waals surface area contributed by atoms with Crippen LogP contribution in [0.5, 0.6) is 0 Å². The summed E-state index contributed by atoms with van der Waals surface area (Å²) in [5.74, 6) is -0.406. The van der Waals surface area contributed by atoms with Gasteiger partial charge in [-0.15, -0.1) is 0 Å². The van der Waals surface area contributed by atoms with Crippen molar-refractivity contribution in [3.05, 3.63) is 36.2 Å². The van der Waals surface area contributed by atoms with E-state index in [4.69, 9.17) is 0 Å². The molecular weight excluding hydrogens is 270 g/mol. The Morgan fingerprint density at radius 3 is 2.95 bits per heavy atom. The van der Waals surface area contributed by atoms with Crippen LogP contribution in [0.25, 0.3) is 0 Å². The Hall–Kier alpha value is -2.70. The molecule has 1 aliphatic rings. The Bertz CT molecular complexity index is 677. The summed E-state index contributed by atoms with van der Waals surface area (Å²) in [7, 11) is 0. The maximum atomic E-state index is 12.0. The topological polar surface area (TPSA) is 88.9 Å². The number of benzene rings is 1. The molecule has 0 unspecified atom stereocenters. The molecule has 21 heavy (non-hydrogen) atoms. The van der Waals surface area contributed by atoms with E-state index in [9.17, 15) is 9.59 Å². The third-order valence-corrected chi connectivity index (χ3v) is 3.38. The molecule has 0 saturated heterocycles. The molecule has 3 rings (SSSR count). The largest absolute Gasteiger partial charge is 0.326 e. The van der Waals surface area contributed by atoms with Crippen molar-refractivity contribution in [2.45, 2.75) is 19.9 Å². The Labute approximate surface area is 121 Å². The van der Waals surface area contributed by atoms with Gasteiger partial charge < -0.3 is 5.32 Å². The maximum absolute atomic E-state index is 12.0. The molecule has 7 nitrogen and oxygen atoms in total. The molecular formula is C14H15N5O2. The highest BCUT2D eigenvalue weighted by Gasteiger charge is 2.29. The number of rotatable bonds is 3. The van der Waals surface area contributed by atoms with Crippen LogP contribution in [0.15, 0.2) is 30.6 Å². The molecule has 2 N–H and O–H groups in total. The van der Waals surface area contributed by atoms with Gasteiger partial charge in [0.05, 0.1) is 12.5 Å². The van der Waals surface area contributed by atoms with Gasteiger partial charge in [-0.3, -0.25) is 14.9 Å². The van der Waals surface area contributed by atoms with Crippen molar-refractivity contribution in [2.24, 2.45) is 5.92 Å². The van der Waals surface area contributed by atoms with Crippen LogP contribution in [-0.2, 0) is 16.1 Å². The van der Waals surface area contributed by atoms with E-state index in [1.54, 1.807) is 4.68 Å². The van der Waals surface area contributed by atoms with E-state index in [1.165, 1.54) is 6.33 Å². The first-order chi connectivity index (χ1) is 10.1. The molecule has 0 saturated carbocycles. The van der Waals surface area contributed by atoms with Crippen LogP contribution in [-0.4, -0.2) is 26.6 Å². The van der Waals surface area contributed by atoms with Gasteiger partial charge in [-0.1, -0.05) is 17.7 Å². The van der Waals surface area contributed by atoms with Crippen molar-refractivity contribution in [1.29, 1.82) is 0 Å². The van der Waals surface area contributed by atoms with E-state index in [2.05, 4.69) is 20.7 Å². The van der Waals surface area contributed by atoms with E-state index < -0.39 is 5.92 Å². The fourth-order valence-corrected chi connectivity index (χ4v) is 2.23. The van der Waals surface area contributed by atoms with E-state index >= 15 is 0 Å². The molecule has 108 valence electrons. The number of aromatic nitrogens is 3. The lowest BCUT2D eigenvalue weighted by atomic mass is 10.0. The SMILES string of the molecule is Cc1ccc(NC(=O)C[C@@H]2Cn3ncnc3NC2=O)cc1. The average molecular weight is 285 g/mol. The van der Waals surface area contributed by atoms with Crippen LogP contribution in [0, 0.1) is 12.8 Å². The summed E-state index contributed by atoms with van der Waals surface area (Å²) in [6, 6.07) is 7.52. The highest BCUT2D eigenvalue weighted by Crippen LogP contribution is 2.19. The van der Waals surface area contributed by atoms with Crippen molar-refractivity contribution in [1.82, 2.24) is 14.8 Å². The minimum Gasteiger partial charge on any atom is -0.326 e. The zero-order chi connectivity index (χ0) is 14.8. The predicted octanol–water partition coefficient (Wildman–Crippen LogP) is 1.18. The molecule has 7 heteroatoms. The lowest BCUT2D eigenvalue weighted by Gasteiger charge is -2.21. The fourth-order valence-electron chi connectivity index (χ4n) is 2.23. The summed E-state index contributed by atoms with van der Waals surface area (Å²) in [4.78, 5) is 27.9. The number of aryl methyl sites for hydroxylation is 1. The van der Waals surface area contributed by atoms with E-state index in [0.717, 1.165) is 11.3 Å². The number of amides is 2. The number of carbonyl (C=O) groups is 2. The van der Waals surface area contributed by atoms with Gasteiger partial charge in [0.2, 0.25) is 17.8 Å². The first-order valence-corrected chi connectivity index (χ1v) is 6.67. The summed E-state index contributed by atoms with van der Waals surface area (Å²) in [6.45, 7) is 2.34. The van der Waals surface area contributed by atoms with Crippen LogP contribution < -0.4 is 10.6 Å². The van der Waals surface area contributed by atoms with Crippen molar-refractivity contribution >= 4 is 23.5 Å². The molecule has 2 heterocycles. The molecule has 1 aromatic carbocycles. The Morgan fingerprint density at radius 1 is 1.43 bits per heavy atom. The van der Waals surface area contributed by atoms with Gasteiger partial charge in [0.15, 0.2) is 0 Å². The van der Waals surface area contributed by atoms with E-state index in [-0.39, 0.29) is 18.2 Å². The van der Waals surface area contributed by atoms with Crippen LogP contribution >= 0.6 is 0 Å². The molecule has 2 amide bonds. The van der Waals surface area contributed by atoms with Gasteiger partial charge in [-0.05, 0) is 19.1 Å². The lowest BCUT2D eigenvalue weighted by Crippen LogP contribution is -2.36. The van der Waals surface area contributed by atoms with Gasteiger partial charge in [0.25, 0.3) is 0 Å². The maximum Gasteiger partial charge on any atom is 0.232 e. The molecule has 1 aromatic heterocycles. The summed E-state index contributed by atoms with van der Waals surface area (Å²) in [6.07, 6.45) is 1.49. The first-order valence-electron chi connectivity index (χ1n) is 6.67. The number of carbonyl (C=O) groups excluding carboxylic acids is 2. The molecule has 2 aromatic rings. The second-order valence-corrected chi connectivity index (χ2v) is 5.07.